The number of allylic oxidation sites excluding steroid dienone is 1. The summed E-state index contributed by atoms with van der Waals surface area (Å²) < 4.78 is 11.7. The molecule has 256 valence electrons. The Kier molecular flexibility index (Phi) is 6.35. The number of nitrogens with zero attached hydrogens (tertiary/aromatic N) is 2. The molecule has 3 heteroatoms. The average molecular weight is 693 g/mol. The molecule has 3 aromatic heterocycles. The van der Waals surface area contributed by atoms with E-state index in [2.05, 4.69) is 173 Å². The number of hydrogen-bond acceptors (Lipinski definition) is 1. The number of aromatic nitrogens is 2. The average Bonchev–Trinajstić information content (AvgIpc) is 3.96. The minimum Gasteiger partial charge on any atom is -0.460 e. The van der Waals surface area contributed by atoms with Crippen molar-refractivity contribution in [1.82, 2.24) is 9.13 Å². The Hall–Kier alpha value is -6.58. The fourth-order valence-corrected chi connectivity index (χ4v) is 9.92. The van der Waals surface area contributed by atoms with Crippen molar-refractivity contribution in [3.05, 3.63) is 186 Å². The van der Waals surface area contributed by atoms with Gasteiger partial charge in [0.1, 0.15) is 11.3 Å². The van der Waals surface area contributed by atoms with Gasteiger partial charge in [-0.2, -0.15) is 0 Å². The number of rotatable bonds is 5. The van der Waals surface area contributed by atoms with Crippen LogP contribution in [-0.2, 0) is 12.8 Å². The number of fused-ring (bicyclic) bond motifs is 13. The topological polar surface area (TPSA) is 23.0 Å². The highest BCUT2D eigenvalue weighted by atomic mass is 16.3. The molecule has 12 rings (SSSR count). The monoisotopic (exact) mass is 692 g/mol. The molecule has 0 spiro atoms. The zero-order valence-corrected chi connectivity index (χ0v) is 29.8. The first-order valence-corrected chi connectivity index (χ1v) is 19.2. The summed E-state index contributed by atoms with van der Waals surface area (Å²) in [4.78, 5) is 0. The highest BCUT2D eigenvalue weighted by Crippen LogP contribution is 2.48. The minimum absolute atomic E-state index is 0.409. The van der Waals surface area contributed by atoms with E-state index in [9.17, 15) is 0 Å². The van der Waals surface area contributed by atoms with Crippen molar-refractivity contribution in [2.75, 3.05) is 0 Å². The van der Waals surface area contributed by atoms with Crippen LogP contribution in [0.2, 0.25) is 0 Å². The first-order chi connectivity index (χ1) is 26.8. The van der Waals surface area contributed by atoms with Crippen LogP contribution in [0.5, 0.6) is 0 Å². The lowest BCUT2D eigenvalue weighted by atomic mass is 9.90. The zero-order valence-electron chi connectivity index (χ0n) is 29.8. The molecule has 0 saturated heterocycles. The van der Waals surface area contributed by atoms with Gasteiger partial charge in [-0.25, -0.2) is 0 Å². The number of benzene rings is 7. The summed E-state index contributed by atoms with van der Waals surface area (Å²) in [6, 6.07) is 58.1. The molecule has 0 amide bonds. The maximum absolute atomic E-state index is 6.74. The quantitative estimate of drug-likeness (QED) is 0.176. The molecule has 2 aliphatic carbocycles. The van der Waals surface area contributed by atoms with E-state index in [1.54, 1.807) is 0 Å². The van der Waals surface area contributed by atoms with Gasteiger partial charge >= 0.3 is 0 Å². The Balaban J connectivity index is 1.04. The minimum atomic E-state index is 0.409. The van der Waals surface area contributed by atoms with E-state index < -0.39 is 0 Å². The van der Waals surface area contributed by atoms with Gasteiger partial charge in [-0.05, 0) is 102 Å². The summed E-state index contributed by atoms with van der Waals surface area (Å²) in [5.41, 5.74) is 16.6. The van der Waals surface area contributed by atoms with Crippen molar-refractivity contribution >= 4 is 66.4 Å². The smallest absolute Gasteiger partial charge is 0.137 e. The summed E-state index contributed by atoms with van der Waals surface area (Å²) in [6.45, 7) is 0. The maximum Gasteiger partial charge on any atom is 0.137 e. The molecule has 10 aromatic rings. The molecule has 0 radical (unpaired) electrons. The summed E-state index contributed by atoms with van der Waals surface area (Å²) in [5.74, 6) is 1.48. The molecule has 7 aromatic carbocycles. The number of furan rings is 1. The SMILES string of the molecule is C1=C(n2c3ccccc3c3ccccc32)CCc2oc3ccc4c5cc(CCC6c7ccccc7-c7ccccc76)ccc5n(-c5ccccc5)c4c3c21. The van der Waals surface area contributed by atoms with Crippen LogP contribution in [0.1, 0.15) is 46.8 Å². The van der Waals surface area contributed by atoms with Crippen molar-refractivity contribution in [3.8, 4) is 16.8 Å². The zero-order chi connectivity index (χ0) is 35.3. The van der Waals surface area contributed by atoms with Gasteiger partial charge in [-0.3, -0.25) is 0 Å². The maximum atomic E-state index is 6.74. The van der Waals surface area contributed by atoms with Crippen molar-refractivity contribution in [2.45, 2.75) is 31.6 Å². The standard InChI is InChI=1S/C51H36N2O/c1-2-12-33(13-3-1)53-47-27-23-32(22-25-39-37-16-6-4-14-35(37)36-15-5-7-17-38(36)39)30-43(47)42-26-29-49-50(51(42)53)44-31-34(24-28-48(44)54-49)52-45-20-10-8-18-40(45)41-19-9-11-21-46(41)52/h1-21,23,26-27,29-31,39H,22,24-25,28H2. The predicted molar refractivity (Wildman–Crippen MR) is 225 cm³/mol. The largest absolute Gasteiger partial charge is 0.460 e. The van der Waals surface area contributed by atoms with E-state index in [0.29, 0.717) is 5.92 Å². The molecule has 0 saturated carbocycles. The van der Waals surface area contributed by atoms with Gasteiger partial charge in [0.15, 0.2) is 0 Å². The summed E-state index contributed by atoms with van der Waals surface area (Å²) >= 11 is 0. The molecule has 0 unspecified atom stereocenters. The fourth-order valence-electron chi connectivity index (χ4n) is 9.92. The predicted octanol–water partition coefficient (Wildman–Crippen LogP) is 13.3. The highest BCUT2D eigenvalue weighted by Gasteiger charge is 2.29. The molecule has 3 nitrogen and oxygen atoms in total. The molecule has 0 N–H and O–H groups in total. The van der Waals surface area contributed by atoms with Crippen LogP contribution >= 0.6 is 0 Å². The van der Waals surface area contributed by atoms with Crippen molar-refractivity contribution in [1.29, 1.82) is 0 Å². The van der Waals surface area contributed by atoms with E-state index in [1.165, 1.54) is 88.1 Å². The van der Waals surface area contributed by atoms with Crippen LogP contribution < -0.4 is 0 Å². The molecule has 54 heavy (non-hydrogen) atoms. The number of para-hydroxylation sites is 3. The third-order valence-electron chi connectivity index (χ3n) is 12.2. The fraction of sp³-hybridized carbons (Fsp3) is 0.0980. The van der Waals surface area contributed by atoms with Crippen LogP contribution in [0.4, 0.5) is 0 Å². The van der Waals surface area contributed by atoms with Crippen molar-refractivity contribution in [2.24, 2.45) is 0 Å². The molecule has 0 aliphatic heterocycles. The molecule has 3 heterocycles. The lowest BCUT2D eigenvalue weighted by Crippen LogP contribution is -2.03. The van der Waals surface area contributed by atoms with Crippen LogP contribution in [0, 0.1) is 0 Å². The Morgan fingerprint density at radius 1 is 0.537 bits per heavy atom. The Labute approximate surface area is 313 Å². The molecule has 0 fully saturated rings. The van der Waals surface area contributed by atoms with Gasteiger partial charge in [-0.1, -0.05) is 109 Å². The number of hydrogen-bond donors (Lipinski definition) is 0. The summed E-state index contributed by atoms with van der Waals surface area (Å²) in [6.07, 6.45) is 6.28. The Morgan fingerprint density at radius 3 is 1.93 bits per heavy atom. The van der Waals surface area contributed by atoms with Gasteiger partial charge in [0.05, 0.1) is 27.5 Å². The summed E-state index contributed by atoms with van der Waals surface area (Å²) in [5, 5.41) is 6.33. The van der Waals surface area contributed by atoms with Crippen molar-refractivity contribution < 1.29 is 4.42 Å². The normalized spacial score (nSPS) is 14.0. The van der Waals surface area contributed by atoms with E-state index in [4.69, 9.17) is 4.42 Å². The molecule has 0 bridgehead atoms. The molecular weight excluding hydrogens is 657 g/mol. The lowest BCUT2D eigenvalue weighted by Gasteiger charge is -2.17. The van der Waals surface area contributed by atoms with Gasteiger partial charge in [0, 0.05) is 50.8 Å². The molecule has 0 atom stereocenters. The van der Waals surface area contributed by atoms with Crippen LogP contribution in [0.3, 0.4) is 0 Å². The number of aryl methyl sites for hydroxylation is 2. The second-order valence-electron chi connectivity index (χ2n) is 15.1. The van der Waals surface area contributed by atoms with Crippen molar-refractivity contribution in [3.63, 3.8) is 0 Å². The third-order valence-corrected chi connectivity index (χ3v) is 12.2. The molecule has 2 aliphatic rings. The Bertz CT molecular complexity index is 3070. The second-order valence-corrected chi connectivity index (χ2v) is 15.1. The van der Waals surface area contributed by atoms with Gasteiger partial charge in [0.25, 0.3) is 0 Å². The molecular formula is C51H36N2O. The van der Waals surface area contributed by atoms with E-state index in [-0.39, 0.29) is 0 Å². The Morgan fingerprint density at radius 2 is 1.19 bits per heavy atom. The van der Waals surface area contributed by atoms with Gasteiger partial charge in [0.2, 0.25) is 0 Å². The van der Waals surface area contributed by atoms with E-state index in [0.717, 1.165) is 42.7 Å². The first kappa shape index (κ1) is 29.9. The van der Waals surface area contributed by atoms with Crippen LogP contribution in [-0.4, -0.2) is 9.13 Å². The lowest BCUT2D eigenvalue weighted by molar-refractivity contribution is 0.546. The second kappa shape index (κ2) is 11.5. The summed E-state index contributed by atoms with van der Waals surface area (Å²) in [7, 11) is 0. The highest BCUT2D eigenvalue weighted by molar-refractivity contribution is 6.21. The van der Waals surface area contributed by atoms with Gasteiger partial charge < -0.3 is 13.6 Å². The van der Waals surface area contributed by atoms with Crippen LogP contribution in [0.25, 0.3) is 83.2 Å². The first-order valence-electron chi connectivity index (χ1n) is 19.2. The van der Waals surface area contributed by atoms with E-state index >= 15 is 0 Å². The van der Waals surface area contributed by atoms with E-state index in [1.807, 2.05) is 0 Å². The van der Waals surface area contributed by atoms with Crippen LogP contribution in [0.15, 0.2) is 162 Å². The third kappa shape index (κ3) is 4.24. The van der Waals surface area contributed by atoms with Gasteiger partial charge in [-0.15, -0.1) is 0 Å².